The van der Waals surface area contributed by atoms with Crippen LogP contribution in [0, 0.1) is 6.92 Å². The summed E-state index contributed by atoms with van der Waals surface area (Å²) < 4.78 is 30.7. The van der Waals surface area contributed by atoms with Gasteiger partial charge in [-0.15, -0.1) is 0 Å². The minimum absolute atomic E-state index is 0.136. The highest BCUT2D eigenvalue weighted by Crippen LogP contribution is 2.30. The molecular formula is C15H23N3O4S. The molecule has 8 heteroatoms. The zero-order valence-corrected chi connectivity index (χ0v) is 14.4. The van der Waals surface area contributed by atoms with Gasteiger partial charge in [0.05, 0.1) is 25.6 Å². The lowest BCUT2D eigenvalue weighted by Gasteiger charge is -2.24. The molecule has 2 N–H and O–H groups in total. The van der Waals surface area contributed by atoms with Crippen molar-refractivity contribution in [2.75, 3.05) is 30.8 Å². The Morgan fingerprint density at radius 1 is 1.39 bits per heavy atom. The molecule has 0 spiro atoms. The van der Waals surface area contributed by atoms with Crippen molar-refractivity contribution in [1.82, 2.24) is 10.6 Å². The summed E-state index contributed by atoms with van der Waals surface area (Å²) in [7, 11) is -2.00. The van der Waals surface area contributed by atoms with Crippen LogP contribution in [0.5, 0.6) is 5.75 Å². The summed E-state index contributed by atoms with van der Waals surface area (Å²) in [4.78, 5) is 11.6. The standard InChI is InChI=1S/C15H23N3O4S/c1-11-4-7-14(22-2)13(10-11)18(23(3,20)21)9-8-16-15(19)17-12-5-6-12/h4,7,10,12H,5-6,8-9H2,1-3H3,(H2,16,17,19). The number of hydrogen-bond acceptors (Lipinski definition) is 4. The summed E-state index contributed by atoms with van der Waals surface area (Å²) in [5, 5.41) is 5.48. The monoisotopic (exact) mass is 341 g/mol. The van der Waals surface area contributed by atoms with Crippen molar-refractivity contribution in [2.45, 2.75) is 25.8 Å². The van der Waals surface area contributed by atoms with E-state index < -0.39 is 10.0 Å². The van der Waals surface area contributed by atoms with Crippen molar-refractivity contribution < 1.29 is 17.9 Å². The van der Waals surface area contributed by atoms with E-state index in [2.05, 4.69) is 10.6 Å². The molecule has 128 valence electrons. The van der Waals surface area contributed by atoms with Crippen molar-refractivity contribution in [3.63, 3.8) is 0 Å². The summed E-state index contributed by atoms with van der Waals surface area (Å²) in [6.45, 7) is 2.23. The van der Waals surface area contributed by atoms with Gasteiger partial charge >= 0.3 is 6.03 Å². The first kappa shape index (κ1) is 17.4. The average Bonchev–Trinajstić information content (AvgIpc) is 3.26. The summed E-state index contributed by atoms with van der Waals surface area (Å²) >= 11 is 0. The largest absolute Gasteiger partial charge is 0.495 e. The number of anilines is 1. The van der Waals surface area contributed by atoms with Crippen LogP contribution in [0.15, 0.2) is 18.2 Å². The lowest BCUT2D eigenvalue weighted by molar-refractivity contribution is 0.241. The maximum absolute atomic E-state index is 12.1. The van der Waals surface area contributed by atoms with Gasteiger partial charge in [-0.05, 0) is 37.5 Å². The number of urea groups is 1. The lowest BCUT2D eigenvalue weighted by atomic mass is 10.2. The van der Waals surface area contributed by atoms with E-state index in [4.69, 9.17) is 4.74 Å². The Bertz CT molecular complexity index is 671. The Morgan fingerprint density at radius 2 is 2.09 bits per heavy atom. The number of carbonyl (C=O) groups is 1. The Hall–Kier alpha value is -1.96. The van der Waals surface area contributed by atoms with Gasteiger partial charge in [-0.2, -0.15) is 0 Å². The molecule has 0 bridgehead atoms. The smallest absolute Gasteiger partial charge is 0.315 e. The van der Waals surface area contributed by atoms with Crippen molar-refractivity contribution in [1.29, 1.82) is 0 Å². The Balaban J connectivity index is 2.08. The van der Waals surface area contributed by atoms with Crippen molar-refractivity contribution in [3.05, 3.63) is 23.8 Å². The number of rotatable bonds is 7. The molecule has 1 aliphatic carbocycles. The van der Waals surface area contributed by atoms with Crippen LogP contribution in [-0.4, -0.2) is 46.9 Å². The number of carbonyl (C=O) groups excluding carboxylic acids is 1. The normalized spacial score (nSPS) is 14.2. The van der Waals surface area contributed by atoms with E-state index in [0.717, 1.165) is 24.7 Å². The maximum atomic E-state index is 12.1. The van der Waals surface area contributed by atoms with Crippen LogP contribution in [0.3, 0.4) is 0 Å². The van der Waals surface area contributed by atoms with E-state index in [9.17, 15) is 13.2 Å². The quantitative estimate of drug-likeness (QED) is 0.781. The fourth-order valence-electron chi connectivity index (χ4n) is 2.19. The molecule has 1 fully saturated rings. The van der Waals surface area contributed by atoms with Gasteiger partial charge in [0.1, 0.15) is 5.75 Å². The molecule has 0 unspecified atom stereocenters. The molecular weight excluding hydrogens is 318 g/mol. The fourth-order valence-corrected chi connectivity index (χ4v) is 3.12. The molecule has 0 radical (unpaired) electrons. The van der Waals surface area contributed by atoms with Crippen LogP contribution in [0.4, 0.5) is 10.5 Å². The number of sulfonamides is 1. The predicted octanol–water partition coefficient (Wildman–Crippen LogP) is 1.23. The van der Waals surface area contributed by atoms with Gasteiger partial charge in [0.25, 0.3) is 0 Å². The minimum atomic E-state index is -3.49. The van der Waals surface area contributed by atoms with E-state index in [1.54, 1.807) is 12.1 Å². The van der Waals surface area contributed by atoms with Gasteiger partial charge in [-0.25, -0.2) is 13.2 Å². The maximum Gasteiger partial charge on any atom is 0.315 e. The number of aryl methyl sites for hydroxylation is 1. The molecule has 0 aromatic heterocycles. The molecule has 1 aliphatic rings. The molecule has 0 aliphatic heterocycles. The van der Waals surface area contributed by atoms with Crippen LogP contribution in [0.2, 0.25) is 0 Å². The zero-order valence-electron chi connectivity index (χ0n) is 13.6. The molecule has 0 saturated heterocycles. The number of nitrogens with one attached hydrogen (secondary N) is 2. The van der Waals surface area contributed by atoms with Crippen molar-refractivity contribution in [3.8, 4) is 5.75 Å². The van der Waals surface area contributed by atoms with Gasteiger partial charge in [0, 0.05) is 12.6 Å². The van der Waals surface area contributed by atoms with Crippen LogP contribution >= 0.6 is 0 Å². The number of hydrogen-bond donors (Lipinski definition) is 2. The predicted molar refractivity (Wildman–Crippen MR) is 89.5 cm³/mol. The zero-order chi connectivity index (χ0) is 17.0. The van der Waals surface area contributed by atoms with Gasteiger partial charge in [-0.1, -0.05) is 6.07 Å². The number of nitrogens with zero attached hydrogens (tertiary/aromatic N) is 1. The second kappa shape index (κ2) is 7.08. The Labute approximate surface area is 137 Å². The molecule has 0 atom stereocenters. The third-order valence-electron chi connectivity index (χ3n) is 3.52. The van der Waals surface area contributed by atoms with E-state index in [0.29, 0.717) is 11.4 Å². The molecule has 2 rings (SSSR count). The number of amides is 2. The first-order chi connectivity index (χ1) is 10.8. The van der Waals surface area contributed by atoms with Gasteiger partial charge in [0.2, 0.25) is 10.0 Å². The van der Waals surface area contributed by atoms with E-state index in [-0.39, 0.29) is 25.2 Å². The van der Waals surface area contributed by atoms with E-state index in [1.165, 1.54) is 11.4 Å². The molecule has 1 aromatic carbocycles. The van der Waals surface area contributed by atoms with Crippen LogP contribution in [0.1, 0.15) is 18.4 Å². The summed E-state index contributed by atoms with van der Waals surface area (Å²) in [6.07, 6.45) is 3.14. The summed E-state index contributed by atoms with van der Waals surface area (Å²) in [5.41, 5.74) is 1.40. The summed E-state index contributed by atoms with van der Waals surface area (Å²) in [5.74, 6) is 0.475. The topological polar surface area (TPSA) is 87.7 Å². The van der Waals surface area contributed by atoms with Crippen LogP contribution < -0.4 is 19.7 Å². The van der Waals surface area contributed by atoms with Gasteiger partial charge in [-0.3, -0.25) is 4.31 Å². The second-order valence-corrected chi connectivity index (χ2v) is 7.59. The minimum Gasteiger partial charge on any atom is -0.495 e. The third-order valence-corrected chi connectivity index (χ3v) is 4.70. The molecule has 1 aromatic rings. The Morgan fingerprint density at radius 3 is 2.65 bits per heavy atom. The number of methoxy groups -OCH3 is 1. The van der Waals surface area contributed by atoms with Gasteiger partial charge in [0.15, 0.2) is 0 Å². The molecule has 7 nitrogen and oxygen atoms in total. The summed E-state index contributed by atoms with van der Waals surface area (Å²) in [6, 6.07) is 5.33. The fraction of sp³-hybridized carbons (Fsp3) is 0.533. The lowest BCUT2D eigenvalue weighted by Crippen LogP contribution is -2.42. The Kier molecular flexibility index (Phi) is 5.35. The highest BCUT2D eigenvalue weighted by Gasteiger charge is 2.24. The van der Waals surface area contributed by atoms with Gasteiger partial charge < -0.3 is 15.4 Å². The average molecular weight is 341 g/mol. The third kappa shape index (κ3) is 5.02. The first-order valence-corrected chi connectivity index (χ1v) is 9.33. The highest BCUT2D eigenvalue weighted by atomic mass is 32.2. The number of benzene rings is 1. The molecule has 0 heterocycles. The van der Waals surface area contributed by atoms with Crippen molar-refractivity contribution >= 4 is 21.7 Å². The number of ether oxygens (including phenoxy) is 1. The van der Waals surface area contributed by atoms with Crippen LogP contribution in [0.25, 0.3) is 0 Å². The van der Waals surface area contributed by atoms with Crippen molar-refractivity contribution in [2.24, 2.45) is 0 Å². The highest BCUT2D eigenvalue weighted by molar-refractivity contribution is 7.92. The molecule has 1 saturated carbocycles. The molecule has 2 amide bonds. The molecule has 23 heavy (non-hydrogen) atoms. The first-order valence-electron chi connectivity index (χ1n) is 7.48. The van der Waals surface area contributed by atoms with Crippen LogP contribution in [-0.2, 0) is 10.0 Å². The van der Waals surface area contributed by atoms with E-state index >= 15 is 0 Å². The second-order valence-electron chi connectivity index (χ2n) is 5.68. The van der Waals surface area contributed by atoms with E-state index in [1.807, 2.05) is 13.0 Å². The SMILES string of the molecule is COc1ccc(C)cc1N(CCNC(=O)NC1CC1)S(C)(=O)=O.